The van der Waals surface area contributed by atoms with E-state index in [0.29, 0.717) is 6.54 Å². The summed E-state index contributed by atoms with van der Waals surface area (Å²) in [5.74, 6) is 0.224. The lowest BCUT2D eigenvalue weighted by Crippen LogP contribution is -2.45. The van der Waals surface area contributed by atoms with Crippen LogP contribution in [-0.2, 0) is 11.2 Å². The Balaban J connectivity index is 1.92. The minimum atomic E-state index is -0.285. The molecule has 2 rings (SSSR count). The van der Waals surface area contributed by atoms with E-state index in [-0.39, 0.29) is 11.3 Å². The Kier molecular flexibility index (Phi) is 4.53. The van der Waals surface area contributed by atoms with Gasteiger partial charge in [-0.2, -0.15) is 0 Å². The fraction of sp³-hybridized carbons (Fsp3) is 0.600. The third-order valence-electron chi connectivity index (χ3n) is 4.24. The summed E-state index contributed by atoms with van der Waals surface area (Å²) in [6, 6.07) is 3.99. The van der Waals surface area contributed by atoms with Gasteiger partial charge in [-0.15, -0.1) is 0 Å². The number of aromatic nitrogens is 1. The van der Waals surface area contributed by atoms with Gasteiger partial charge < -0.3 is 10.6 Å². The van der Waals surface area contributed by atoms with Gasteiger partial charge in [-0.25, -0.2) is 0 Å². The Hall–Kier alpha value is -1.42. The highest BCUT2D eigenvalue weighted by atomic mass is 16.2. The molecule has 0 spiro atoms. The summed E-state index contributed by atoms with van der Waals surface area (Å²) in [4.78, 5) is 18.4. The van der Waals surface area contributed by atoms with Crippen molar-refractivity contribution in [3.63, 3.8) is 0 Å². The first-order valence-corrected chi connectivity index (χ1v) is 7.02. The number of carbonyl (C=O) groups excluding carboxylic acids is 1. The number of carbonyl (C=O) groups is 1. The van der Waals surface area contributed by atoms with E-state index in [1.165, 1.54) is 5.56 Å². The Morgan fingerprint density at radius 3 is 2.58 bits per heavy atom. The highest BCUT2D eigenvalue weighted by molar-refractivity contribution is 5.83. The SMILES string of the molecule is CN(CCc1ccncc1)C(=O)C1(CN)CCCC1. The molecule has 19 heavy (non-hydrogen) atoms. The van der Waals surface area contributed by atoms with Crippen LogP contribution in [-0.4, -0.2) is 35.9 Å². The first kappa shape index (κ1) is 14.0. The lowest BCUT2D eigenvalue weighted by atomic mass is 9.84. The summed E-state index contributed by atoms with van der Waals surface area (Å²) >= 11 is 0. The lowest BCUT2D eigenvalue weighted by molar-refractivity contribution is -0.140. The second kappa shape index (κ2) is 6.15. The van der Waals surface area contributed by atoms with E-state index in [2.05, 4.69) is 4.98 Å². The Morgan fingerprint density at radius 1 is 1.37 bits per heavy atom. The number of amides is 1. The molecule has 1 aromatic rings. The zero-order chi connectivity index (χ0) is 13.7. The van der Waals surface area contributed by atoms with Crippen LogP contribution in [0.25, 0.3) is 0 Å². The zero-order valence-corrected chi connectivity index (χ0v) is 11.6. The van der Waals surface area contributed by atoms with Crippen LogP contribution in [0, 0.1) is 5.41 Å². The number of nitrogens with zero attached hydrogens (tertiary/aromatic N) is 2. The van der Waals surface area contributed by atoms with E-state index in [9.17, 15) is 4.79 Å². The first-order valence-electron chi connectivity index (χ1n) is 7.02. The molecular weight excluding hydrogens is 238 g/mol. The van der Waals surface area contributed by atoms with Gasteiger partial charge in [0, 0.05) is 32.5 Å². The minimum Gasteiger partial charge on any atom is -0.345 e. The molecule has 1 aromatic heterocycles. The second-order valence-corrected chi connectivity index (χ2v) is 5.52. The van der Waals surface area contributed by atoms with Crippen molar-refractivity contribution in [3.8, 4) is 0 Å². The molecule has 4 heteroatoms. The summed E-state index contributed by atoms with van der Waals surface area (Å²) in [6.07, 6.45) is 8.59. The van der Waals surface area contributed by atoms with Crippen LogP contribution in [0.15, 0.2) is 24.5 Å². The topological polar surface area (TPSA) is 59.2 Å². The van der Waals surface area contributed by atoms with Gasteiger partial charge >= 0.3 is 0 Å². The van der Waals surface area contributed by atoms with Crippen molar-refractivity contribution in [2.24, 2.45) is 11.1 Å². The number of likely N-dealkylation sites (N-methyl/N-ethyl adjacent to an activating group) is 1. The Bertz CT molecular complexity index is 413. The standard InChI is InChI=1S/C15H23N3O/c1-18(11-6-13-4-9-17-10-5-13)14(19)15(12-16)7-2-3-8-15/h4-5,9-10H,2-3,6-8,11-12,16H2,1H3. The molecule has 2 N–H and O–H groups in total. The van der Waals surface area contributed by atoms with Crippen molar-refractivity contribution in [1.29, 1.82) is 0 Å². The zero-order valence-electron chi connectivity index (χ0n) is 11.6. The van der Waals surface area contributed by atoms with Gasteiger partial charge in [0.2, 0.25) is 5.91 Å². The number of nitrogens with two attached hydrogens (primary N) is 1. The largest absolute Gasteiger partial charge is 0.345 e. The second-order valence-electron chi connectivity index (χ2n) is 5.52. The van der Waals surface area contributed by atoms with E-state index in [0.717, 1.165) is 38.6 Å². The third kappa shape index (κ3) is 3.13. The number of hydrogen-bond donors (Lipinski definition) is 1. The van der Waals surface area contributed by atoms with Crippen LogP contribution >= 0.6 is 0 Å². The predicted octanol–water partition coefficient (Wildman–Crippen LogP) is 1.60. The van der Waals surface area contributed by atoms with E-state index < -0.39 is 0 Å². The number of hydrogen-bond acceptors (Lipinski definition) is 3. The summed E-state index contributed by atoms with van der Waals surface area (Å²) < 4.78 is 0. The van der Waals surface area contributed by atoms with Crippen LogP contribution in [0.2, 0.25) is 0 Å². The van der Waals surface area contributed by atoms with E-state index >= 15 is 0 Å². The van der Waals surface area contributed by atoms with Crippen molar-refractivity contribution in [1.82, 2.24) is 9.88 Å². The highest BCUT2D eigenvalue weighted by Crippen LogP contribution is 2.38. The molecule has 1 amide bonds. The normalized spacial score (nSPS) is 17.4. The highest BCUT2D eigenvalue weighted by Gasteiger charge is 2.41. The molecule has 0 aliphatic heterocycles. The van der Waals surface area contributed by atoms with Crippen molar-refractivity contribution in [3.05, 3.63) is 30.1 Å². The van der Waals surface area contributed by atoms with Gasteiger partial charge in [0.25, 0.3) is 0 Å². The third-order valence-corrected chi connectivity index (χ3v) is 4.24. The molecule has 1 aliphatic rings. The number of rotatable bonds is 5. The van der Waals surface area contributed by atoms with Gasteiger partial charge in [0.05, 0.1) is 5.41 Å². The average Bonchev–Trinajstić information content (AvgIpc) is 2.95. The smallest absolute Gasteiger partial charge is 0.229 e. The Morgan fingerprint density at radius 2 is 2.00 bits per heavy atom. The van der Waals surface area contributed by atoms with Crippen molar-refractivity contribution in [2.75, 3.05) is 20.1 Å². The first-order chi connectivity index (χ1) is 9.18. The van der Waals surface area contributed by atoms with Crippen LogP contribution in [0.5, 0.6) is 0 Å². The molecule has 1 heterocycles. The lowest BCUT2D eigenvalue weighted by Gasteiger charge is -2.31. The molecule has 0 atom stereocenters. The Labute approximate surface area is 115 Å². The molecule has 4 nitrogen and oxygen atoms in total. The fourth-order valence-electron chi connectivity index (χ4n) is 2.91. The van der Waals surface area contributed by atoms with E-state index in [1.54, 1.807) is 12.4 Å². The van der Waals surface area contributed by atoms with Crippen LogP contribution in [0.1, 0.15) is 31.2 Å². The summed E-state index contributed by atoms with van der Waals surface area (Å²) in [7, 11) is 1.89. The molecule has 0 radical (unpaired) electrons. The van der Waals surface area contributed by atoms with Gasteiger partial charge in [-0.1, -0.05) is 12.8 Å². The summed E-state index contributed by atoms with van der Waals surface area (Å²) in [5, 5.41) is 0. The minimum absolute atomic E-state index is 0.224. The van der Waals surface area contributed by atoms with Crippen molar-refractivity contribution >= 4 is 5.91 Å². The van der Waals surface area contributed by atoms with E-state index in [4.69, 9.17) is 5.73 Å². The molecule has 104 valence electrons. The molecule has 0 bridgehead atoms. The van der Waals surface area contributed by atoms with Crippen molar-refractivity contribution < 1.29 is 4.79 Å². The maximum atomic E-state index is 12.6. The van der Waals surface area contributed by atoms with Gasteiger partial charge in [0.1, 0.15) is 0 Å². The average molecular weight is 261 g/mol. The molecule has 0 saturated heterocycles. The molecule has 1 fully saturated rings. The monoisotopic (exact) mass is 261 g/mol. The number of pyridine rings is 1. The van der Waals surface area contributed by atoms with Crippen LogP contribution in [0.4, 0.5) is 0 Å². The van der Waals surface area contributed by atoms with Crippen LogP contribution < -0.4 is 5.73 Å². The molecule has 1 saturated carbocycles. The van der Waals surface area contributed by atoms with Gasteiger partial charge in [-0.3, -0.25) is 9.78 Å². The van der Waals surface area contributed by atoms with Gasteiger partial charge in [0.15, 0.2) is 0 Å². The maximum Gasteiger partial charge on any atom is 0.229 e. The molecular formula is C15H23N3O. The summed E-state index contributed by atoms with van der Waals surface area (Å²) in [6.45, 7) is 1.22. The van der Waals surface area contributed by atoms with Gasteiger partial charge in [-0.05, 0) is 37.0 Å². The molecule has 0 aromatic carbocycles. The van der Waals surface area contributed by atoms with Crippen LogP contribution in [0.3, 0.4) is 0 Å². The van der Waals surface area contributed by atoms with Crippen molar-refractivity contribution in [2.45, 2.75) is 32.1 Å². The fourth-order valence-corrected chi connectivity index (χ4v) is 2.91. The van der Waals surface area contributed by atoms with E-state index in [1.807, 2.05) is 24.1 Å². The predicted molar refractivity (Wildman–Crippen MR) is 75.5 cm³/mol. The quantitative estimate of drug-likeness (QED) is 0.876. The maximum absolute atomic E-state index is 12.6. The summed E-state index contributed by atoms with van der Waals surface area (Å²) in [5.41, 5.74) is 6.79. The molecule has 1 aliphatic carbocycles. The molecule has 0 unspecified atom stereocenters.